The highest BCUT2D eigenvalue weighted by Gasteiger charge is 2.27. The van der Waals surface area contributed by atoms with Crippen molar-refractivity contribution in [3.05, 3.63) is 39.9 Å². The van der Waals surface area contributed by atoms with E-state index in [1.165, 1.54) is 12.1 Å². The van der Waals surface area contributed by atoms with Gasteiger partial charge in [0.1, 0.15) is 0 Å². The molecular weight excluding hydrogens is 270 g/mol. The number of rotatable bonds is 4. The van der Waals surface area contributed by atoms with Gasteiger partial charge in [0.05, 0.1) is 4.92 Å². The second-order valence-electron chi connectivity index (χ2n) is 3.31. The molecule has 0 unspecified atom stereocenters. The van der Waals surface area contributed by atoms with Crippen LogP contribution < -0.4 is 0 Å². The molecule has 1 atom stereocenters. The highest BCUT2D eigenvalue weighted by atomic mass is 35.5. The van der Waals surface area contributed by atoms with Gasteiger partial charge in [-0.2, -0.15) is 0 Å². The molecule has 0 aromatic heterocycles. The Morgan fingerprint density at radius 1 is 1.35 bits per heavy atom. The third-order valence-electron chi connectivity index (χ3n) is 1.94. The van der Waals surface area contributed by atoms with Gasteiger partial charge < -0.3 is 0 Å². The number of nitro groups is 1. The van der Waals surface area contributed by atoms with Crippen LogP contribution in [0.25, 0.3) is 0 Å². The van der Waals surface area contributed by atoms with Gasteiger partial charge in [0.25, 0.3) is 5.69 Å². The van der Waals surface area contributed by atoms with Crippen molar-refractivity contribution in [1.82, 2.24) is 0 Å². The molecule has 17 heavy (non-hydrogen) atoms. The fourth-order valence-corrected chi connectivity index (χ4v) is 1.72. The summed E-state index contributed by atoms with van der Waals surface area (Å²) in [6.07, 6.45) is 0.841. The molecule has 0 saturated carbocycles. The van der Waals surface area contributed by atoms with Crippen molar-refractivity contribution in [3.8, 4) is 0 Å². The summed E-state index contributed by atoms with van der Waals surface area (Å²) >= 11 is 5.47. The fourth-order valence-electron chi connectivity index (χ4n) is 1.07. The summed E-state index contributed by atoms with van der Waals surface area (Å²) in [6, 6.07) is 4.56. The van der Waals surface area contributed by atoms with E-state index in [0.29, 0.717) is 0 Å². The summed E-state index contributed by atoms with van der Waals surface area (Å²) in [5.74, 6) is -0.802. The molecular formula is C9H8ClNO5S. The van der Waals surface area contributed by atoms with E-state index < -0.39 is 25.3 Å². The van der Waals surface area contributed by atoms with Crippen LogP contribution in [0.3, 0.4) is 0 Å². The topological polar surface area (TPSA) is 94.3 Å². The van der Waals surface area contributed by atoms with Crippen molar-refractivity contribution in [2.45, 2.75) is 4.71 Å². The molecule has 92 valence electrons. The lowest BCUT2D eigenvalue weighted by Crippen LogP contribution is -2.23. The number of Topliss-reactive ketones (excluding diaryl/α,β-unsaturated/α-hetero) is 1. The van der Waals surface area contributed by atoms with Crippen LogP contribution in [0.2, 0.25) is 0 Å². The van der Waals surface area contributed by atoms with Crippen LogP contribution in [0, 0.1) is 10.1 Å². The lowest BCUT2D eigenvalue weighted by atomic mass is 10.1. The number of nitrogens with zero attached hydrogens (tertiary/aromatic N) is 1. The van der Waals surface area contributed by atoms with Crippen LogP contribution in [0.4, 0.5) is 5.69 Å². The molecule has 0 amide bonds. The maximum atomic E-state index is 11.6. The van der Waals surface area contributed by atoms with Gasteiger partial charge in [-0.1, -0.05) is 11.6 Å². The van der Waals surface area contributed by atoms with Crippen molar-refractivity contribution >= 4 is 32.9 Å². The standard InChI is InChI=1S/C9H8ClNO5S/c1-17(15,16)9(10)8(12)6-2-4-7(5-3-6)11(13)14/h2-5,9H,1H3/t9-/m0/s1. The molecule has 0 aliphatic carbocycles. The maximum absolute atomic E-state index is 11.6. The Morgan fingerprint density at radius 2 is 1.82 bits per heavy atom. The number of non-ortho nitro benzene ring substituents is 1. The van der Waals surface area contributed by atoms with Crippen molar-refractivity contribution < 1.29 is 18.1 Å². The second kappa shape index (κ2) is 4.80. The molecule has 0 N–H and O–H groups in total. The van der Waals surface area contributed by atoms with Crippen molar-refractivity contribution in [3.63, 3.8) is 0 Å². The Morgan fingerprint density at radius 3 is 2.18 bits per heavy atom. The molecule has 0 aliphatic rings. The van der Waals surface area contributed by atoms with Crippen molar-refractivity contribution in [1.29, 1.82) is 0 Å². The van der Waals surface area contributed by atoms with Gasteiger partial charge in [0, 0.05) is 24.0 Å². The van der Waals surface area contributed by atoms with E-state index in [-0.39, 0.29) is 11.3 Å². The number of benzene rings is 1. The van der Waals surface area contributed by atoms with E-state index in [1.807, 2.05) is 0 Å². The Kier molecular flexibility index (Phi) is 3.84. The third kappa shape index (κ3) is 3.24. The summed E-state index contributed by atoms with van der Waals surface area (Å²) in [5, 5.41) is 10.4. The quantitative estimate of drug-likeness (QED) is 0.359. The summed E-state index contributed by atoms with van der Waals surface area (Å²) in [4.78, 5) is 21.3. The SMILES string of the molecule is CS(=O)(=O)[C@H](Cl)C(=O)c1ccc([N+](=O)[O-])cc1. The minimum absolute atomic E-state index is 0.0148. The summed E-state index contributed by atoms with van der Waals surface area (Å²) in [7, 11) is -3.69. The Hall–Kier alpha value is -1.47. The van der Waals surface area contributed by atoms with Gasteiger partial charge in [-0.05, 0) is 12.1 Å². The number of nitro benzene ring substituents is 1. The van der Waals surface area contributed by atoms with Gasteiger partial charge in [0.2, 0.25) is 0 Å². The summed E-state index contributed by atoms with van der Waals surface area (Å²) in [5.41, 5.74) is -0.173. The van der Waals surface area contributed by atoms with E-state index >= 15 is 0 Å². The highest BCUT2D eigenvalue weighted by molar-refractivity contribution is 7.93. The number of sulfone groups is 1. The van der Waals surface area contributed by atoms with Gasteiger partial charge in [-0.3, -0.25) is 14.9 Å². The van der Waals surface area contributed by atoms with E-state index in [0.717, 1.165) is 18.4 Å². The van der Waals surface area contributed by atoms with Gasteiger partial charge in [0.15, 0.2) is 20.3 Å². The largest absolute Gasteiger partial charge is 0.291 e. The van der Waals surface area contributed by atoms with Gasteiger partial charge >= 0.3 is 0 Å². The lowest BCUT2D eigenvalue weighted by Gasteiger charge is -2.05. The average Bonchev–Trinajstić information content (AvgIpc) is 2.26. The molecule has 1 aromatic carbocycles. The van der Waals surface area contributed by atoms with Crippen LogP contribution in [0.1, 0.15) is 10.4 Å². The monoisotopic (exact) mass is 277 g/mol. The third-order valence-corrected chi connectivity index (χ3v) is 4.08. The molecule has 0 fully saturated rings. The minimum Gasteiger partial charge on any atom is -0.291 e. The van der Waals surface area contributed by atoms with Crippen LogP contribution in [0.15, 0.2) is 24.3 Å². The molecule has 8 heteroatoms. The van der Waals surface area contributed by atoms with Gasteiger partial charge in [-0.15, -0.1) is 0 Å². The van der Waals surface area contributed by atoms with E-state index in [4.69, 9.17) is 11.6 Å². The van der Waals surface area contributed by atoms with Crippen LogP contribution >= 0.6 is 11.6 Å². The smallest absolute Gasteiger partial charge is 0.269 e. The number of carbonyl (C=O) groups is 1. The van der Waals surface area contributed by atoms with Crippen molar-refractivity contribution in [2.75, 3.05) is 6.26 Å². The molecule has 0 radical (unpaired) electrons. The number of hydrogen-bond donors (Lipinski definition) is 0. The van der Waals surface area contributed by atoms with Crippen LogP contribution in [0.5, 0.6) is 0 Å². The van der Waals surface area contributed by atoms with Crippen LogP contribution in [-0.2, 0) is 9.84 Å². The fraction of sp³-hybridized carbons (Fsp3) is 0.222. The van der Waals surface area contributed by atoms with E-state index in [1.54, 1.807) is 0 Å². The number of halogens is 1. The molecule has 0 bridgehead atoms. The first-order valence-electron chi connectivity index (χ1n) is 4.35. The lowest BCUT2D eigenvalue weighted by molar-refractivity contribution is -0.384. The molecule has 0 saturated heterocycles. The predicted octanol–water partition coefficient (Wildman–Crippen LogP) is 1.39. The maximum Gasteiger partial charge on any atom is 0.269 e. The zero-order chi connectivity index (χ0) is 13.2. The number of hydrogen-bond acceptors (Lipinski definition) is 5. The number of carbonyl (C=O) groups excluding carboxylic acids is 1. The van der Waals surface area contributed by atoms with Gasteiger partial charge in [-0.25, -0.2) is 8.42 Å². The Bertz CT molecular complexity index is 551. The zero-order valence-electron chi connectivity index (χ0n) is 8.66. The molecule has 1 aromatic rings. The zero-order valence-corrected chi connectivity index (χ0v) is 10.2. The number of alkyl halides is 1. The number of ketones is 1. The molecule has 0 heterocycles. The Balaban J connectivity index is 3.03. The summed E-state index contributed by atoms with van der Waals surface area (Å²) < 4.78 is 20.4. The summed E-state index contributed by atoms with van der Waals surface area (Å²) in [6.45, 7) is 0. The van der Waals surface area contributed by atoms with E-state index in [2.05, 4.69) is 0 Å². The molecule has 6 nitrogen and oxygen atoms in total. The Labute approximate surface area is 102 Å². The molecule has 1 rings (SSSR count). The predicted molar refractivity (Wildman–Crippen MR) is 61.9 cm³/mol. The van der Waals surface area contributed by atoms with Crippen molar-refractivity contribution in [2.24, 2.45) is 0 Å². The second-order valence-corrected chi connectivity index (χ2v) is 6.14. The average molecular weight is 278 g/mol. The first kappa shape index (κ1) is 13.6. The highest BCUT2D eigenvalue weighted by Crippen LogP contribution is 2.17. The molecule has 0 spiro atoms. The first-order chi connectivity index (χ1) is 7.73. The normalized spacial score (nSPS) is 13.1. The van der Waals surface area contributed by atoms with E-state index in [9.17, 15) is 23.3 Å². The minimum atomic E-state index is -3.69. The molecule has 0 aliphatic heterocycles. The first-order valence-corrected chi connectivity index (χ1v) is 6.74. The van der Waals surface area contributed by atoms with Crippen LogP contribution in [-0.4, -0.2) is 30.1 Å².